The molecule has 0 saturated carbocycles. The number of fused-ring (bicyclic) bond motifs is 27. The minimum atomic E-state index is 0.0569. The molecular weight excluding hydrogens is 963 g/mol. The van der Waals surface area contributed by atoms with Crippen LogP contribution in [0.25, 0.3) is 32.3 Å². The number of hydrogen-bond acceptors (Lipinski definition) is 4. The summed E-state index contributed by atoms with van der Waals surface area (Å²) >= 11 is 0. The number of nitrogens with zero attached hydrogens (tertiary/aromatic N) is 3. The molecule has 0 spiro atoms. The topological polar surface area (TPSA) is 21.8 Å². The van der Waals surface area contributed by atoms with E-state index in [2.05, 4.69) is 214 Å². The van der Waals surface area contributed by atoms with Crippen molar-refractivity contribution in [3.8, 4) is 0 Å². The van der Waals surface area contributed by atoms with E-state index in [1.807, 2.05) is 0 Å². The van der Waals surface area contributed by atoms with E-state index < -0.39 is 0 Å². The summed E-state index contributed by atoms with van der Waals surface area (Å²) in [5.74, 6) is 0.307. The third-order valence-corrected chi connectivity index (χ3v) is 21.6. The maximum atomic E-state index is 4.43. The van der Waals surface area contributed by atoms with Gasteiger partial charge >= 0.3 is 0 Å². The zero-order valence-electron chi connectivity index (χ0n) is 43.7. The molecule has 8 heterocycles. The van der Waals surface area contributed by atoms with E-state index in [-0.39, 0.29) is 32.0 Å². The van der Waals surface area contributed by atoms with E-state index in [1.165, 1.54) is 166 Å². The molecule has 0 radical (unpaired) electrons. The van der Waals surface area contributed by atoms with Gasteiger partial charge in [0.05, 0.1) is 0 Å². The van der Waals surface area contributed by atoms with E-state index in [4.69, 9.17) is 0 Å². The zero-order chi connectivity index (χ0) is 51.1. The summed E-state index contributed by atoms with van der Waals surface area (Å²) in [4.78, 5) is 8.39. The zero-order valence-corrected chi connectivity index (χ0v) is 43.7. The molecule has 2 unspecified atom stereocenters. The summed E-state index contributed by atoms with van der Waals surface area (Å²) in [6, 6.07) is 75.9. The molecule has 0 aromatic heterocycles. The first kappa shape index (κ1) is 41.1. The molecule has 0 fully saturated rings. The van der Waals surface area contributed by atoms with Crippen LogP contribution in [0.15, 0.2) is 194 Å². The van der Waals surface area contributed by atoms with Gasteiger partial charge in [0.25, 0.3) is 6.71 Å². The Morgan fingerprint density at radius 1 is 0.400 bits per heavy atom. The smallest absolute Gasteiger partial charge is 0.252 e. The lowest BCUT2D eigenvalue weighted by Crippen LogP contribution is -2.67. The number of anilines is 9. The Morgan fingerprint density at radius 2 is 0.925 bits per heavy atom. The van der Waals surface area contributed by atoms with Crippen LogP contribution in [-0.4, -0.2) is 47.6 Å². The Balaban J connectivity index is 1.03. The maximum absolute atomic E-state index is 4.43. The molecule has 12 aromatic rings. The summed E-state index contributed by atoms with van der Waals surface area (Å²) < 4.78 is 0. The van der Waals surface area contributed by atoms with Gasteiger partial charge in [-0.05, 0) is 136 Å². The Kier molecular flexibility index (Phi) is 7.11. The second kappa shape index (κ2) is 13.8. The number of rotatable bonds is 0. The van der Waals surface area contributed by atoms with Gasteiger partial charge in [0.2, 0.25) is 13.4 Å². The molecule has 80 heavy (non-hydrogen) atoms. The first-order valence-electron chi connectivity index (χ1n) is 29.3. The molecule has 9 heteroatoms. The molecule has 0 amide bonds. The molecule has 2 aliphatic carbocycles. The molecule has 362 valence electrons. The highest BCUT2D eigenvalue weighted by Crippen LogP contribution is 2.59. The lowest BCUT2D eigenvalue weighted by Gasteiger charge is -2.51. The molecule has 12 aromatic carbocycles. The molecular formula is C71H43B5N4. The minimum absolute atomic E-state index is 0.0569. The van der Waals surface area contributed by atoms with Crippen molar-refractivity contribution in [2.45, 2.75) is 18.3 Å². The number of benzene rings is 12. The Labute approximate surface area is 465 Å². The summed E-state index contributed by atoms with van der Waals surface area (Å²) in [6.07, 6.45) is 2.70. The van der Waals surface area contributed by atoms with Crippen molar-refractivity contribution < 1.29 is 0 Å². The van der Waals surface area contributed by atoms with Crippen molar-refractivity contribution in [3.05, 3.63) is 239 Å². The van der Waals surface area contributed by atoms with Crippen LogP contribution in [0.4, 0.5) is 51.2 Å². The molecule has 10 aliphatic rings. The van der Waals surface area contributed by atoms with Crippen LogP contribution >= 0.6 is 0 Å². The number of nitrogens with one attached hydrogen (secondary N) is 1. The third-order valence-electron chi connectivity index (χ3n) is 21.6. The highest BCUT2D eigenvalue weighted by atomic mass is 15.2. The lowest BCUT2D eigenvalue weighted by atomic mass is 9.29. The van der Waals surface area contributed by atoms with Gasteiger partial charge in [0.15, 0.2) is 14.6 Å². The Bertz CT molecular complexity index is 4750. The van der Waals surface area contributed by atoms with E-state index in [1.54, 1.807) is 22.2 Å². The standard InChI is InChI=1S/C71H43B5N4/c1-2-18-37-36(17-1)33-41-55-53(37)38-19-3-4-20-39(38)54-40-21-5-8-24-44(40)74-34-78-49-29-13-7-23-43(49)73-64-58-57(56(41)61(69(64)78)65(74)59(54)55)63-70-62-60(58)68-67-71-66(62)75(35-79(70)50-30-14-6-22-42(50)72-63)46-26-10-15-31-51(46)80(71)52-32-16-11-27-47(52)76(67)45-25-9-12-28-48(45)77-68/h1-32,53-54,72-73,77H,33-35H2. The molecule has 8 aliphatic heterocycles. The predicted octanol–water partition coefficient (Wildman–Crippen LogP) is 6.71. The highest BCUT2D eigenvalue weighted by molar-refractivity contribution is 7.03. The Hall–Kier alpha value is -9.06. The molecule has 0 bridgehead atoms. The average Bonchev–Trinajstić information content (AvgIpc) is 2.28. The number of para-hydroxylation sites is 5. The SMILES string of the molecule is B1c2ccccc2N2CB3c4ccccc4N4c5ccccc5B5c6ccccc6Nc6c5c4c3c3c2c1c1c2c4c5c7c8c2c2c(c1c63)Bc1ccccc1N2CB8c1ccccc1C7c1ccccc1C5c1ccccc1C4. The third kappa shape index (κ3) is 4.47. The van der Waals surface area contributed by atoms with Crippen LogP contribution in [0.2, 0.25) is 0 Å². The molecule has 22 rings (SSSR count). The fourth-order valence-corrected chi connectivity index (χ4v) is 19.1. The van der Waals surface area contributed by atoms with E-state index >= 15 is 0 Å². The molecule has 4 nitrogen and oxygen atoms in total. The van der Waals surface area contributed by atoms with Crippen LogP contribution in [-0.2, 0) is 6.42 Å². The highest BCUT2D eigenvalue weighted by Gasteiger charge is 2.54. The van der Waals surface area contributed by atoms with E-state index in [0.717, 1.165) is 33.9 Å². The predicted molar refractivity (Wildman–Crippen MR) is 342 cm³/mol. The average molecular weight is 1010 g/mol. The van der Waals surface area contributed by atoms with Gasteiger partial charge in [-0.1, -0.05) is 186 Å². The first-order valence-corrected chi connectivity index (χ1v) is 29.3. The van der Waals surface area contributed by atoms with Crippen LogP contribution < -0.4 is 80.1 Å². The largest absolute Gasteiger partial charge is 0.356 e. The normalized spacial score (nSPS) is 17.8. The van der Waals surface area contributed by atoms with Crippen molar-refractivity contribution in [1.29, 1.82) is 0 Å². The van der Waals surface area contributed by atoms with Gasteiger partial charge in [-0.15, -0.1) is 0 Å². The summed E-state index contributed by atoms with van der Waals surface area (Å²) in [7, 11) is 1.76. The monoisotopic (exact) mass is 1010 g/mol. The molecule has 2 atom stereocenters. The van der Waals surface area contributed by atoms with Crippen LogP contribution in [0.1, 0.15) is 56.3 Å². The van der Waals surface area contributed by atoms with Crippen LogP contribution in [0.3, 0.4) is 0 Å². The second-order valence-corrected chi connectivity index (χ2v) is 24.7. The van der Waals surface area contributed by atoms with Crippen molar-refractivity contribution >= 4 is 178 Å². The van der Waals surface area contributed by atoms with Gasteiger partial charge in [-0.25, -0.2) is 0 Å². The molecule has 1 N–H and O–H groups in total. The fraction of sp³-hybridized carbons (Fsp3) is 0.0704. The quantitative estimate of drug-likeness (QED) is 0.135. The van der Waals surface area contributed by atoms with E-state index in [9.17, 15) is 0 Å². The first-order chi connectivity index (χ1) is 39.8. The van der Waals surface area contributed by atoms with E-state index in [0.29, 0.717) is 0 Å². The van der Waals surface area contributed by atoms with Crippen LogP contribution in [0.5, 0.6) is 0 Å². The van der Waals surface area contributed by atoms with Crippen LogP contribution in [0, 0.1) is 0 Å². The summed E-state index contributed by atoms with van der Waals surface area (Å²) in [5, 5.41) is 13.3. The van der Waals surface area contributed by atoms with Crippen molar-refractivity contribution in [2.75, 3.05) is 32.9 Å². The van der Waals surface area contributed by atoms with Gasteiger partial charge in [0, 0.05) is 92.1 Å². The minimum Gasteiger partial charge on any atom is -0.356 e. The maximum Gasteiger partial charge on any atom is 0.252 e. The van der Waals surface area contributed by atoms with Crippen molar-refractivity contribution in [3.63, 3.8) is 0 Å². The van der Waals surface area contributed by atoms with Crippen molar-refractivity contribution in [2.24, 2.45) is 0 Å². The second-order valence-electron chi connectivity index (χ2n) is 24.7. The Morgan fingerprint density at radius 3 is 1.65 bits per heavy atom. The number of hydrogen-bond donors (Lipinski definition) is 1. The van der Waals surface area contributed by atoms with Gasteiger partial charge in [-0.3, -0.25) is 0 Å². The molecule has 0 saturated heterocycles. The van der Waals surface area contributed by atoms with Gasteiger partial charge < -0.3 is 20.0 Å². The van der Waals surface area contributed by atoms with Crippen molar-refractivity contribution in [1.82, 2.24) is 0 Å². The summed E-state index contributed by atoms with van der Waals surface area (Å²) in [6.45, 7) is 0.409. The fourth-order valence-electron chi connectivity index (χ4n) is 19.1. The van der Waals surface area contributed by atoms with Gasteiger partial charge in [-0.2, -0.15) is 0 Å². The lowest BCUT2D eigenvalue weighted by molar-refractivity contribution is 0.790. The van der Waals surface area contributed by atoms with Gasteiger partial charge in [0.1, 0.15) is 0 Å². The summed E-state index contributed by atoms with van der Waals surface area (Å²) in [5.41, 5.74) is 40.5.